The summed E-state index contributed by atoms with van der Waals surface area (Å²) in [5.41, 5.74) is 4.34. The molecule has 0 aliphatic carbocycles. The van der Waals surface area contributed by atoms with Crippen molar-refractivity contribution in [2.24, 2.45) is 0 Å². The lowest BCUT2D eigenvalue weighted by Gasteiger charge is -2.28. The van der Waals surface area contributed by atoms with Gasteiger partial charge in [0.15, 0.2) is 0 Å². The van der Waals surface area contributed by atoms with E-state index in [0.29, 0.717) is 11.4 Å². The number of rotatable bonds is 9. The summed E-state index contributed by atoms with van der Waals surface area (Å²) in [6, 6.07) is 6.65. The first kappa shape index (κ1) is 17.7. The molecule has 0 aliphatic rings. The standard InChI is InChI=1S/C12H20N2O6S/c13-10-3-1-2-4-11(10)20-5-6-21(18,19)14-12(7-15,8-16)9-17/h1-4,14-17H,5-9,13H2. The molecule has 0 fully saturated rings. The van der Waals surface area contributed by atoms with Crippen molar-refractivity contribution < 1.29 is 28.5 Å². The summed E-state index contributed by atoms with van der Waals surface area (Å²) in [6.07, 6.45) is 0. The van der Waals surface area contributed by atoms with Gasteiger partial charge in [0, 0.05) is 0 Å². The van der Waals surface area contributed by atoms with Gasteiger partial charge in [0.1, 0.15) is 17.9 Å². The van der Waals surface area contributed by atoms with Crippen LogP contribution in [0.1, 0.15) is 0 Å². The first-order valence-corrected chi connectivity index (χ1v) is 7.85. The normalized spacial score (nSPS) is 12.3. The molecule has 0 saturated heterocycles. The summed E-state index contributed by atoms with van der Waals surface area (Å²) in [7, 11) is -3.85. The highest BCUT2D eigenvalue weighted by atomic mass is 32.2. The van der Waals surface area contributed by atoms with E-state index in [2.05, 4.69) is 4.72 Å². The number of nitrogens with two attached hydrogens (primary N) is 1. The van der Waals surface area contributed by atoms with Gasteiger partial charge in [-0.25, -0.2) is 13.1 Å². The Kier molecular flexibility index (Phi) is 6.37. The predicted molar refractivity (Wildman–Crippen MR) is 77.3 cm³/mol. The Morgan fingerprint density at radius 3 is 2.24 bits per heavy atom. The molecule has 0 radical (unpaired) electrons. The van der Waals surface area contributed by atoms with Crippen LogP contribution in [0.3, 0.4) is 0 Å². The number of hydrogen-bond acceptors (Lipinski definition) is 7. The molecule has 0 atom stereocenters. The van der Waals surface area contributed by atoms with Gasteiger partial charge >= 0.3 is 0 Å². The van der Waals surface area contributed by atoms with Gasteiger partial charge in [-0.15, -0.1) is 0 Å². The Morgan fingerprint density at radius 2 is 1.71 bits per heavy atom. The minimum atomic E-state index is -3.85. The number of benzene rings is 1. The summed E-state index contributed by atoms with van der Waals surface area (Å²) in [5, 5.41) is 27.3. The third-order valence-corrected chi connectivity index (χ3v) is 4.26. The second-order valence-corrected chi connectivity index (χ2v) is 6.40. The molecule has 1 aromatic carbocycles. The Labute approximate surface area is 123 Å². The highest BCUT2D eigenvalue weighted by Crippen LogP contribution is 2.19. The van der Waals surface area contributed by atoms with Crippen LogP contribution in [0.25, 0.3) is 0 Å². The number of anilines is 1. The molecule has 0 aromatic heterocycles. The average Bonchev–Trinajstić information content (AvgIpc) is 2.47. The summed E-state index contributed by atoms with van der Waals surface area (Å²) < 4.78 is 31.0. The molecule has 0 bridgehead atoms. The first-order valence-electron chi connectivity index (χ1n) is 6.19. The summed E-state index contributed by atoms with van der Waals surface area (Å²) in [6.45, 7) is -2.36. The van der Waals surface area contributed by atoms with Crippen LogP contribution >= 0.6 is 0 Å². The minimum absolute atomic E-state index is 0.165. The van der Waals surface area contributed by atoms with Crippen LogP contribution in [-0.4, -0.2) is 61.5 Å². The van der Waals surface area contributed by atoms with Crippen molar-refractivity contribution in [3.05, 3.63) is 24.3 Å². The zero-order valence-corrected chi connectivity index (χ0v) is 12.2. The van der Waals surface area contributed by atoms with E-state index in [4.69, 9.17) is 25.8 Å². The van der Waals surface area contributed by atoms with Gasteiger partial charge < -0.3 is 25.8 Å². The van der Waals surface area contributed by atoms with Crippen molar-refractivity contribution >= 4 is 15.7 Å². The molecular weight excluding hydrogens is 300 g/mol. The predicted octanol–water partition coefficient (Wildman–Crippen LogP) is -1.72. The number of aliphatic hydroxyl groups is 3. The number of hydrogen-bond donors (Lipinski definition) is 5. The monoisotopic (exact) mass is 320 g/mol. The van der Waals surface area contributed by atoms with E-state index in [1.54, 1.807) is 24.3 Å². The van der Waals surface area contributed by atoms with Gasteiger partial charge in [-0.05, 0) is 12.1 Å². The zero-order chi connectivity index (χ0) is 15.9. The molecule has 21 heavy (non-hydrogen) atoms. The van der Waals surface area contributed by atoms with Gasteiger partial charge in [-0.1, -0.05) is 12.1 Å². The molecule has 0 aliphatic heterocycles. The maximum Gasteiger partial charge on any atom is 0.215 e. The van der Waals surface area contributed by atoms with Crippen molar-refractivity contribution in [3.63, 3.8) is 0 Å². The Hall–Kier alpha value is -1.39. The quantitative estimate of drug-likeness (QED) is 0.341. The van der Waals surface area contributed by atoms with E-state index in [0.717, 1.165) is 0 Å². The van der Waals surface area contributed by atoms with E-state index in [9.17, 15) is 8.42 Å². The lowest BCUT2D eigenvalue weighted by molar-refractivity contribution is 0.0581. The molecule has 1 rings (SSSR count). The Morgan fingerprint density at radius 1 is 1.14 bits per heavy atom. The van der Waals surface area contributed by atoms with E-state index in [-0.39, 0.29) is 6.61 Å². The third-order valence-electron chi connectivity index (χ3n) is 2.81. The molecule has 0 unspecified atom stereocenters. The Balaban J connectivity index is 2.59. The maximum absolute atomic E-state index is 11.8. The highest BCUT2D eigenvalue weighted by molar-refractivity contribution is 7.89. The van der Waals surface area contributed by atoms with Crippen LogP contribution in [0, 0.1) is 0 Å². The van der Waals surface area contributed by atoms with E-state index in [1.165, 1.54) is 0 Å². The first-order chi connectivity index (χ1) is 9.88. The molecule has 0 amide bonds. The van der Waals surface area contributed by atoms with Gasteiger partial charge in [-0.2, -0.15) is 0 Å². The lowest BCUT2D eigenvalue weighted by atomic mass is 10.1. The molecule has 8 nitrogen and oxygen atoms in total. The lowest BCUT2D eigenvalue weighted by Crippen LogP contribution is -2.57. The van der Waals surface area contributed by atoms with Crippen molar-refractivity contribution in [2.45, 2.75) is 5.54 Å². The highest BCUT2D eigenvalue weighted by Gasteiger charge is 2.32. The fourth-order valence-electron chi connectivity index (χ4n) is 1.50. The molecule has 120 valence electrons. The third kappa shape index (κ3) is 5.14. The number of para-hydroxylation sites is 2. The maximum atomic E-state index is 11.8. The number of ether oxygens (including phenoxy) is 1. The fourth-order valence-corrected chi connectivity index (χ4v) is 2.76. The van der Waals surface area contributed by atoms with Crippen LogP contribution < -0.4 is 15.2 Å². The number of aliphatic hydroxyl groups excluding tert-OH is 3. The molecule has 6 N–H and O–H groups in total. The molecule has 1 aromatic rings. The van der Waals surface area contributed by atoms with Gasteiger partial charge in [0.25, 0.3) is 0 Å². The fraction of sp³-hybridized carbons (Fsp3) is 0.500. The molecule has 0 spiro atoms. The topological polar surface area (TPSA) is 142 Å². The van der Waals surface area contributed by atoms with Crippen LogP contribution in [-0.2, 0) is 10.0 Å². The van der Waals surface area contributed by atoms with Crippen LogP contribution in [0.15, 0.2) is 24.3 Å². The van der Waals surface area contributed by atoms with Crippen LogP contribution in [0.5, 0.6) is 5.75 Å². The average molecular weight is 320 g/mol. The molecule has 9 heteroatoms. The minimum Gasteiger partial charge on any atom is -0.490 e. The van der Waals surface area contributed by atoms with Crippen molar-refractivity contribution in [1.29, 1.82) is 0 Å². The van der Waals surface area contributed by atoms with E-state index < -0.39 is 41.1 Å². The second kappa shape index (κ2) is 7.57. The largest absolute Gasteiger partial charge is 0.490 e. The van der Waals surface area contributed by atoms with Crippen LogP contribution in [0.2, 0.25) is 0 Å². The van der Waals surface area contributed by atoms with E-state index in [1.807, 2.05) is 0 Å². The van der Waals surface area contributed by atoms with Crippen molar-refractivity contribution in [3.8, 4) is 5.75 Å². The molecule has 0 saturated carbocycles. The van der Waals surface area contributed by atoms with Gasteiger partial charge in [-0.3, -0.25) is 0 Å². The van der Waals surface area contributed by atoms with Crippen molar-refractivity contribution in [2.75, 3.05) is 37.9 Å². The Bertz CT molecular complexity index is 536. The summed E-state index contributed by atoms with van der Waals surface area (Å²) in [4.78, 5) is 0. The van der Waals surface area contributed by atoms with Crippen LogP contribution in [0.4, 0.5) is 5.69 Å². The molecule has 0 heterocycles. The number of nitrogens with one attached hydrogen (secondary N) is 1. The second-order valence-electron chi connectivity index (χ2n) is 4.56. The van der Waals surface area contributed by atoms with Crippen molar-refractivity contribution in [1.82, 2.24) is 4.72 Å². The van der Waals surface area contributed by atoms with E-state index >= 15 is 0 Å². The SMILES string of the molecule is Nc1ccccc1OCCS(=O)(=O)NC(CO)(CO)CO. The summed E-state index contributed by atoms with van der Waals surface area (Å²) in [5.74, 6) is -0.0475. The summed E-state index contributed by atoms with van der Waals surface area (Å²) >= 11 is 0. The van der Waals surface area contributed by atoms with Gasteiger partial charge in [0.05, 0.1) is 31.3 Å². The number of sulfonamides is 1. The zero-order valence-electron chi connectivity index (χ0n) is 11.4. The number of nitrogen functional groups attached to an aromatic ring is 1. The molecular formula is C12H20N2O6S. The van der Waals surface area contributed by atoms with Gasteiger partial charge in [0.2, 0.25) is 10.0 Å². The smallest absolute Gasteiger partial charge is 0.215 e.